The van der Waals surface area contributed by atoms with E-state index in [0.29, 0.717) is 0 Å². The molecule has 0 saturated carbocycles. The van der Waals surface area contributed by atoms with Crippen LogP contribution in [0.25, 0.3) is 10.9 Å². The number of aromatic nitrogens is 2. The van der Waals surface area contributed by atoms with Crippen LogP contribution in [0, 0.1) is 0 Å². The SMILES string of the molecule is CC(Nc1ncnc2ccc3c(c12)CCS3)c1ccc(O)cc1. The standard InChI is InChI=1S/C18H17N3OS/c1-11(12-2-4-13(22)5-3-12)21-18-17-14-8-9-23-16(14)7-6-15(17)19-10-20-18/h2-7,10-11,22H,8-9H2,1H3,(H,19,20,21). The monoisotopic (exact) mass is 323 g/mol. The van der Waals surface area contributed by atoms with E-state index in [-0.39, 0.29) is 11.8 Å². The van der Waals surface area contributed by atoms with Gasteiger partial charge in [-0.25, -0.2) is 9.97 Å². The average Bonchev–Trinajstić information content (AvgIpc) is 3.04. The van der Waals surface area contributed by atoms with Crippen molar-refractivity contribution in [1.82, 2.24) is 9.97 Å². The third-order valence-corrected chi connectivity index (χ3v) is 5.33. The summed E-state index contributed by atoms with van der Waals surface area (Å²) in [6, 6.07) is 11.6. The minimum Gasteiger partial charge on any atom is -0.508 e. The number of hydrogen-bond donors (Lipinski definition) is 2. The van der Waals surface area contributed by atoms with Gasteiger partial charge in [0.1, 0.15) is 17.9 Å². The van der Waals surface area contributed by atoms with Gasteiger partial charge in [-0.15, -0.1) is 11.8 Å². The van der Waals surface area contributed by atoms with E-state index in [1.165, 1.54) is 10.5 Å². The second-order valence-corrected chi connectivity index (χ2v) is 6.85. The number of nitrogens with one attached hydrogen (secondary N) is 1. The maximum Gasteiger partial charge on any atom is 0.138 e. The van der Waals surface area contributed by atoms with Crippen LogP contribution in [0.3, 0.4) is 0 Å². The van der Waals surface area contributed by atoms with E-state index >= 15 is 0 Å². The summed E-state index contributed by atoms with van der Waals surface area (Å²) in [4.78, 5) is 10.2. The van der Waals surface area contributed by atoms with E-state index in [1.807, 2.05) is 23.9 Å². The van der Waals surface area contributed by atoms with Crippen LogP contribution in [0.5, 0.6) is 5.75 Å². The van der Waals surface area contributed by atoms with Crippen LogP contribution in [0.2, 0.25) is 0 Å². The smallest absolute Gasteiger partial charge is 0.138 e. The molecule has 1 aromatic heterocycles. The van der Waals surface area contributed by atoms with Crippen molar-refractivity contribution < 1.29 is 5.11 Å². The van der Waals surface area contributed by atoms with Gasteiger partial charge in [0.2, 0.25) is 0 Å². The average molecular weight is 323 g/mol. The highest BCUT2D eigenvalue weighted by molar-refractivity contribution is 7.99. The fraction of sp³-hybridized carbons (Fsp3) is 0.222. The van der Waals surface area contributed by atoms with Crippen molar-refractivity contribution in [1.29, 1.82) is 0 Å². The first-order chi connectivity index (χ1) is 11.2. The Bertz CT molecular complexity index is 864. The minimum absolute atomic E-state index is 0.0959. The molecule has 5 heteroatoms. The normalized spacial score (nSPS) is 14.7. The number of benzene rings is 2. The van der Waals surface area contributed by atoms with Gasteiger partial charge >= 0.3 is 0 Å². The predicted molar refractivity (Wildman–Crippen MR) is 94.1 cm³/mol. The Hall–Kier alpha value is -2.27. The predicted octanol–water partition coefficient (Wildman–Crippen LogP) is 4.16. The van der Waals surface area contributed by atoms with Crippen molar-refractivity contribution in [3.05, 3.63) is 53.9 Å². The number of anilines is 1. The number of aryl methyl sites for hydroxylation is 1. The summed E-state index contributed by atoms with van der Waals surface area (Å²) in [5.41, 5.74) is 3.45. The molecule has 2 N–H and O–H groups in total. The van der Waals surface area contributed by atoms with E-state index in [4.69, 9.17) is 0 Å². The van der Waals surface area contributed by atoms with Gasteiger partial charge in [-0.1, -0.05) is 12.1 Å². The Morgan fingerprint density at radius 3 is 2.78 bits per heavy atom. The van der Waals surface area contributed by atoms with Crippen LogP contribution >= 0.6 is 11.8 Å². The van der Waals surface area contributed by atoms with Crippen LogP contribution in [-0.4, -0.2) is 20.8 Å². The maximum atomic E-state index is 9.43. The lowest BCUT2D eigenvalue weighted by Gasteiger charge is -2.17. The van der Waals surface area contributed by atoms with E-state index in [1.54, 1.807) is 18.5 Å². The Labute approximate surface area is 139 Å². The molecule has 0 fully saturated rings. The molecule has 23 heavy (non-hydrogen) atoms. The quantitative estimate of drug-likeness (QED) is 0.758. The number of hydrogen-bond acceptors (Lipinski definition) is 5. The fourth-order valence-corrected chi connectivity index (χ4v) is 4.08. The molecule has 0 amide bonds. The number of rotatable bonds is 3. The molecule has 1 atom stereocenters. The van der Waals surface area contributed by atoms with Crippen LogP contribution in [0.15, 0.2) is 47.6 Å². The highest BCUT2D eigenvalue weighted by Gasteiger charge is 2.19. The van der Waals surface area contributed by atoms with Crippen LogP contribution in [-0.2, 0) is 6.42 Å². The third kappa shape index (κ3) is 2.61. The Balaban J connectivity index is 1.74. The molecule has 2 aromatic carbocycles. The zero-order chi connectivity index (χ0) is 15.8. The van der Waals surface area contributed by atoms with E-state index in [0.717, 1.165) is 34.5 Å². The molecule has 1 unspecified atom stereocenters. The molecular weight excluding hydrogens is 306 g/mol. The van der Waals surface area contributed by atoms with Crippen molar-refractivity contribution >= 4 is 28.5 Å². The lowest BCUT2D eigenvalue weighted by atomic mass is 10.1. The number of phenols is 1. The molecule has 4 rings (SSSR count). The minimum atomic E-state index is 0.0959. The number of fused-ring (bicyclic) bond motifs is 3. The number of thioether (sulfide) groups is 1. The Morgan fingerprint density at radius 1 is 1.13 bits per heavy atom. The molecule has 1 aliphatic rings. The molecular formula is C18H17N3OS. The summed E-state index contributed by atoms with van der Waals surface area (Å²) >= 11 is 1.90. The van der Waals surface area contributed by atoms with Crippen molar-refractivity contribution in [2.45, 2.75) is 24.3 Å². The van der Waals surface area contributed by atoms with Gasteiger partial charge in [0, 0.05) is 22.1 Å². The first-order valence-corrected chi connectivity index (χ1v) is 8.66. The summed E-state index contributed by atoms with van der Waals surface area (Å²) in [5, 5.41) is 14.1. The van der Waals surface area contributed by atoms with Gasteiger partial charge < -0.3 is 10.4 Å². The van der Waals surface area contributed by atoms with Gasteiger partial charge in [-0.05, 0) is 48.7 Å². The highest BCUT2D eigenvalue weighted by atomic mass is 32.2. The molecule has 2 heterocycles. The summed E-state index contributed by atoms with van der Waals surface area (Å²) < 4.78 is 0. The molecule has 0 bridgehead atoms. The van der Waals surface area contributed by atoms with E-state index < -0.39 is 0 Å². The van der Waals surface area contributed by atoms with Crippen LogP contribution in [0.1, 0.15) is 24.1 Å². The number of phenolic OH excluding ortho intramolecular Hbond substituents is 1. The van der Waals surface area contributed by atoms with Gasteiger partial charge in [-0.3, -0.25) is 0 Å². The molecule has 0 saturated heterocycles. The third-order valence-electron chi connectivity index (χ3n) is 4.22. The molecule has 1 aliphatic heterocycles. The molecule has 0 radical (unpaired) electrons. The van der Waals surface area contributed by atoms with Gasteiger partial charge in [0.25, 0.3) is 0 Å². The summed E-state index contributed by atoms with van der Waals surface area (Å²) in [7, 11) is 0. The summed E-state index contributed by atoms with van der Waals surface area (Å²) in [5.74, 6) is 2.29. The Kier molecular flexibility index (Phi) is 3.58. The maximum absolute atomic E-state index is 9.43. The summed E-state index contributed by atoms with van der Waals surface area (Å²) in [6.45, 7) is 2.10. The largest absolute Gasteiger partial charge is 0.508 e. The Morgan fingerprint density at radius 2 is 1.96 bits per heavy atom. The zero-order valence-electron chi connectivity index (χ0n) is 12.8. The topological polar surface area (TPSA) is 58.0 Å². The zero-order valence-corrected chi connectivity index (χ0v) is 13.6. The molecule has 4 nitrogen and oxygen atoms in total. The van der Waals surface area contributed by atoms with Gasteiger partial charge in [0.15, 0.2) is 0 Å². The first kappa shape index (κ1) is 14.3. The first-order valence-electron chi connectivity index (χ1n) is 7.67. The highest BCUT2D eigenvalue weighted by Crippen LogP contribution is 2.38. The van der Waals surface area contributed by atoms with Crippen LogP contribution in [0.4, 0.5) is 5.82 Å². The molecule has 0 spiro atoms. The fourth-order valence-electron chi connectivity index (χ4n) is 3.01. The summed E-state index contributed by atoms with van der Waals surface area (Å²) in [6.07, 6.45) is 2.68. The van der Waals surface area contributed by atoms with Crippen molar-refractivity contribution in [3.63, 3.8) is 0 Å². The van der Waals surface area contributed by atoms with Gasteiger partial charge in [0.05, 0.1) is 5.52 Å². The number of nitrogens with zero attached hydrogens (tertiary/aromatic N) is 2. The van der Waals surface area contributed by atoms with E-state index in [2.05, 4.69) is 34.3 Å². The van der Waals surface area contributed by atoms with Crippen molar-refractivity contribution in [2.75, 3.05) is 11.1 Å². The molecule has 3 aromatic rings. The molecule has 116 valence electrons. The lowest BCUT2D eigenvalue weighted by Crippen LogP contribution is -2.09. The second-order valence-electron chi connectivity index (χ2n) is 5.71. The van der Waals surface area contributed by atoms with Crippen molar-refractivity contribution in [2.24, 2.45) is 0 Å². The lowest BCUT2D eigenvalue weighted by molar-refractivity contribution is 0.475. The van der Waals surface area contributed by atoms with Crippen molar-refractivity contribution in [3.8, 4) is 5.75 Å². The van der Waals surface area contributed by atoms with Gasteiger partial charge in [-0.2, -0.15) is 0 Å². The molecule has 0 aliphatic carbocycles. The van der Waals surface area contributed by atoms with Crippen LogP contribution < -0.4 is 5.32 Å². The second kappa shape index (κ2) is 5.74. The van der Waals surface area contributed by atoms with E-state index in [9.17, 15) is 5.11 Å². The number of aromatic hydroxyl groups is 1.